The number of halogens is 8. The molecule has 0 aliphatic carbocycles. The van der Waals surface area contributed by atoms with Gasteiger partial charge in [0, 0.05) is 0 Å². The number of rotatable bonds is 2. The van der Waals surface area contributed by atoms with E-state index in [0.717, 1.165) is 0 Å². The van der Waals surface area contributed by atoms with Crippen molar-refractivity contribution in [1.82, 2.24) is 0 Å². The first-order valence-electron chi connectivity index (χ1n) is 3.18. The Bertz CT molecular complexity index is 196. The molecular weight excluding hydrogens is 244 g/mol. The van der Waals surface area contributed by atoms with Crippen molar-refractivity contribution in [2.45, 2.75) is 30.5 Å². The lowest BCUT2D eigenvalue weighted by Crippen LogP contribution is -2.56. The maximum atomic E-state index is 12.3. The van der Waals surface area contributed by atoms with Gasteiger partial charge in [-0.15, -0.1) is 0 Å². The molecule has 0 fully saturated rings. The summed E-state index contributed by atoms with van der Waals surface area (Å²) in [5.41, 5.74) is 0. The summed E-state index contributed by atoms with van der Waals surface area (Å²) in [4.78, 5) is 0. The summed E-state index contributed by atoms with van der Waals surface area (Å²) < 4.78 is 93.4. The van der Waals surface area contributed by atoms with E-state index < -0.39 is 30.5 Å². The van der Waals surface area contributed by atoms with Gasteiger partial charge in [-0.25, -0.2) is 8.78 Å². The van der Waals surface area contributed by atoms with E-state index in [0.29, 0.717) is 0 Å². The Morgan fingerprint density at radius 1 is 0.600 bits per heavy atom. The molecule has 0 heterocycles. The summed E-state index contributed by atoms with van der Waals surface area (Å²) >= 11 is 0. The molecule has 0 aliphatic rings. The molecule has 0 aromatic carbocycles. The van der Waals surface area contributed by atoms with Crippen LogP contribution in [0, 0.1) is 0 Å². The van der Waals surface area contributed by atoms with Crippen molar-refractivity contribution in [1.29, 1.82) is 0 Å². The fraction of sp³-hybridized carbons (Fsp3) is 1.00. The Balaban J connectivity index is 4.98. The highest BCUT2D eigenvalue weighted by Gasteiger charge is 2.65. The van der Waals surface area contributed by atoms with E-state index in [2.05, 4.69) is 0 Å². The fourth-order valence-electron chi connectivity index (χ4n) is 0.586. The number of hydrogen-bond acceptors (Lipinski definition) is 2. The highest BCUT2D eigenvalue weighted by molar-refractivity contribution is 4.91. The Morgan fingerprint density at radius 2 is 0.800 bits per heavy atom. The lowest BCUT2D eigenvalue weighted by Gasteiger charge is -2.29. The van der Waals surface area contributed by atoms with Gasteiger partial charge in [0.25, 0.3) is 0 Å². The Morgan fingerprint density at radius 3 is 0.933 bits per heavy atom. The molecule has 92 valence electrons. The first-order valence-corrected chi connectivity index (χ1v) is 3.18. The molecule has 0 radical (unpaired) electrons. The van der Waals surface area contributed by atoms with Crippen molar-refractivity contribution in [3.8, 4) is 0 Å². The normalized spacial score (nSPS) is 18.8. The third-order valence-electron chi connectivity index (χ3n) is 1.35. The Labute approximate surface area is 77.1 Å². The van der Waals surface area contributed by atoms with Crippen molar-refractivity contribution in [2.24, 2.45) is 0 Å². The van der Waals surface area contributed by atoms with Gasteiger partial charge >= 0.3 is 18.3 Å². The third-order valence-corrected chi connectivity index (χ3v) is 1.35. The summed E-state index contributed by atoms with van der Waals surface area (Å²) in [5.74, 6) is -5.75. The molecule has 2 nitrogen and oxygen atoms in total. The van der Waals surface area contributed by atoms with Crippen LogP contribution < -0.4 is 0 Å². The van der Waals surface area contributed by atoms with E-state index in [-0.39, 0.29) is 0 Å². The fourth-order valence-corrected chi connectivity index (χ4v) is 0.586. The summed E-state index contributed by atoms with van der Waals surface area (Å²) in [6.45, 7) is 0. The molecule has 2 unspecified atom stereocenters. The minimum Gasteiger partial charge on any atom is -0.379 e. The zero-order valence-electron chi connectivity index (χ0n) is 6.57. The van der Waals surface area contributed by atoms with Gasteiger partial charge in [-0.3, -0.25) is 0 Å². The molecule has 0 aromatic heterocycles. The molecule has 0 aliphatic heterocycles. The largest absolute Gasteiger partial charge is 0.420 e. The number of alkyl halides is 8. The quantitative estimate of drug-likeness (QED) is 0.726. The van der Waals surface area contributed by atoms with Crippen LogP contribution in [-0.4, -0.2) is 40.7 Å². The standard InChI is InChI=1S/C5H4F8O2/c6-3(7,1(14)4(8,9)10)2(15)5(11,12)13/h1-2,14-15H. The van der Waals surface area contributed by atoms with Crippen LogP contribution in [0.5, 0.6) is 0 Å². The minimum absolute atomic E-state index is 4.58. The van der Waals surface area contributed by atoms with Gasteiger partial charge in [0.1, 0.15) is 0 Å². The van der Waals surface area contributed by atoms with Crippen molar-refractivity contribution in [3.05, 3.63) is 0 Å². The molecule has 0 spiro atoms. The zero-order chi connectivity index (χ0) is 12.7. The van der Waals surface area contributed by atoms with Crippen LogP contribution in [0.25, 0.3) is 0 Å². The molecule has 15 heavy (non-hydrogen) atoms. The SMILES string of the molecule is OC(C(F)(F)F)C(F)(F)C(O)C(F)(F)F. The van der Waals surface area contributed by atoms with Crippen molar-refractivity contribution < 1.29 is 45.3 Å². The van der Waals surface area contributed by atoms with E-state index in [1.54, 1.807) is 0 Å². The van der Waals surface area contributed by atoms with Crippen LogP contribution in [0.3, 0.4) is 0 Å². The van der Waals surface area contributed by atoms with Gasteiger partial charge in [0.2, 0.25) is 12.2 Å². The summed E-state index contributed by atoms with van der Waals surface area (Å²) in [5, 5.41) is 15.8. The number of aliphatic hydroxyl groups is 2. The van der Waals surface area contributed by atoms with Crippen molar-refractivity contribution in [2.75, 3.05) is 0 Å². The van der Waals surface area contributed by atoms with Crippen molar-refractivity contribution in [3.63, 3.8) is 0 Å². The average Bonchev–Trinajstić information content (AvgIpc) is 1.98. The highest BCUT2D eigenvalue weighted by atomic mass is 19.4. The predicted octanol–water partition coefficient (Wildman–Crippen LogP) is 1.47. The van der Waals surface area contributed by atoms with Gasteiger partial charge < -0.3 is 10.2 Å². The van der Waals surface area contributed by atoms with Crippen LogP contribution in [0.4, 0.5) is 35.1 Å². The average molecular weight is 248 g/mol. The van der Waals surface area contributed by atoms with Gasteiger partial charge in [-0.1, -0.05) is 0 Å². The number of hydrogen-bond donors (Lipinski definition) is 2. The van der Waals surface area contributed by atoms with E-state index >= 15 is 0 Å². The molecule has 0 aromatic rings. The first kappa shape index (κ1) is 14.4. The van der Waals surface area contributed by atoms with E-state index in [1.165, 1.54) is 0 Å². The van der Waals surface area contributed by atoms with Crippen LogP contribution in [-0.2, 0) is 0 Å². The minimum atomic E-state index is -5.96. The van der Waals surface area contributed by atoms with Gasteiger partial charge in [-0.05, 0) is 0 Å². The molecule has 0 saturated carbocycles. The van der Waals surface area contributed by atoms with E-state index in [1.807, 2.05) is 0 Å². The summed E-state index contributed by atoms with van der Waals surface area (Å²) in [6, 6.07) is 0. The summed E-state index contributed by atoms with van der Waals surface area (Å²) in [6.07, 6.45) is -21.1. The van der Waals surface area contributed by atoms with Crippen LogP contribution in [0.1, 0.15) is 0 Å². The maximum absolute atomic E-state index is 12.3. The van der Waals surface area contributed by atoms with Crippen LogP contribution in [0.15, 0.2) is 0 Å². The smallest absolute Gasteiger partial charge is 0.379 e. The molecule has 2 N–H and O–H groups in total. The van der Waals surface area contributed by atoms with Gasteiger partial charge in [-0.2, -0.15) is 26.3 Å². The second-order valence-electron chi connectivity index (χ2n) is 2.56. The first-order chi connectivity index (χ1) is 6.31. The lowest BCUT2D eigenvalue weighted by atomic mass is 10.1. The molecule has 10 heteroatoms. The van der Waals surface area contributed by atoms with E-state index in [4.69, 9.17) is 10.2 Å². The molecule has 2 atom stereocenters. The third kappa shape index (κ3) is 3.16. The predicted molar refractivity (Wildman–Crippen MR) is 29.1 cm³/mol. The molecule has 0 rings (SSSR count). The second-order valence-corrected chi connectivity index (χ2v) is 2.56. The molecule has 0 saturated heterocycles. The highest BCUT2D eigenvalue weighted by Crippen LogP contribution is 2.39. The molecule has 0 bridgehead atoms. The van der Waals surface area contributed by atoms with Gasteiger partial charge in [0.05, 0.1) is 0 Å². The molecular formula is C5H4F8O2. The van der Waals surface area contributed by atoms with Crippen molar-refractivity contribution >= 4 is 0 Å². The zero-order valence-corrected chi connectivity index (χ0v) is 6.57. The van der Waals surface area contributed by atoms with Gasteiger partial charge in [0.15, 0.2) is 0 Å². The molecule has 0 amide bonds. The van der Waals surface area contributed by atoms with Crippen LogP contribution >= 0.6 is 0 Å². The van der Waals surface area contributed by atoms with Crippen LogP contribution in [0.2, 0.25) is 0 Å². The second kappa shape index (κ2) is 3.74. The Kier molecular flexibility index (Phi) is 3.58. The van der Waals surface area contributed by atoms with E-state index in [9.17, 15) is 35.1 Å². The summed E-state index contributed by atoms with van der Waals surface area (Å²) in [7, 11) is 0. The number of aliphatic hydroxyl groups excluding tert-OH is 2. The Hall–Kier alpha value is -0.640. The maximum Gasteiger partial charge on any atom is 0.420 e. The monoisotopic (exact) mass is 248 g/mol. The topological polar surface area (TPSA) is 40.5 Å². The lowest BCUT2D eigenvalue weighted by molar-refractivity contribution is -0.333.